The molecule has 0 radical (unpaired) electrons. The lowest BCUT2D eigenvalue weighted by Gasteiger charge is -2.14. The molecule has 11 rings (SSSR count). The Balaban J connectivity index is 1.29. The van der Waals surface area contributed by atoms with E-state index in [-0.39, 0.29) is 0 Å². The van der Waals surface area contributed by atoms with E-state index in [0.29, 0.717) is 5.95 Å². The second-order valence-electron chi connectivity index (χ2n) is 13.2. The predicted octanol–water partition coefficient (Wildman–Crippen LogP) is 11.7. The van der Waals surface area contributed by atoms with Crippen LogP contribution in [0.1, 0.15) is 0 Å². The van der Waals surface area contributed by atoms with Crippen molar-refractivity contribution >= 4 is 65.3 Å². The first kappa shape index (κ1) is 28.7. The summed E-state index contributed by atoms with van der Waals surface area (Å²) in [5, 5.41) is 7.96. The van der Waals surface area contributed by atoms with Gasteiger partial charge in [0.2, 0.25) is 5.95 Å². The summed E-state index contributed by atoms with van der Waals surface area (Å²) in [7, 11) is 0. The van der Waals surface area contributed by atoms with Gasteiger partial charge in [0, 0.05) is 43.7 Å². The molecule has 3 aromatic heterocycles. The maximum Gasteiger partial charge on any atom is 0.235 e. The molecule has 0 aliphatic heterocycles. The molecule has 0 aliphatic carbocycles. The molecule has 5 nitrogen and oxygen atoms in total. The largest absolute Gasteiger partial charge is 0.292 e. The minimum absolute atomic E-state index is 0.648. The SMILES string of the molecule is c1ccc(-c2nc(-n3c4ccccc4c4ccc5c(ccc6ccc7nc(-c8ccccc8)n(-c8ccccc8)c7c65)c43)nc3ccccc23)cc1. The molecule has 0 amide bonds. The average Bonchev–Trinajstić information content (AvgIpc) is 3.78. The van der Waals surface area contributed by atoms with Crippen molar-refractivity contribution in [1.29, 1.82) is 0 Å². The molecular formula is C47H29N5. The van der Waals surface area contributed by atoms with Crippen LogP contribution in [0.5, 0.6) is 0 Å². The summed E-state index contributed by atoms with van der Waals surface area (Å²) in [5.41, 5.74) is 9.22. The van der Waals surface area contributed by atoms with Crippen LogP contribution in [0.3, 0.4) is 0 Å². The highest BCUT2D eigenvalue weighted by molar-refractivity contribution is 6.27. The smallest absolute Gasteiger partial charge is 0.235 e. The molecular weight excluding hydrogens is 635 g/mol. The summed E-state index contributed by atoms with van der Waals surface area (Å²) in [6.07, 6.45) is 0. The fourth-order valence-corrected chi connectivity index (χ4v) is 8.04. The number of para-hydroxylation sites is 3. The first-order chi connectivity index (χ1) is 25.8. The summed E-state index contributed by atoms with van der Waals surface area (Å²) in [6.45, 7) is 0. The summed E-state index contributed by atoms with van der Waals surface area (Å²) < 4.78 is 4.59. The third-order valence-corrected chi connectivity index (χ3v) is 10.3. The fraction of sp³-hybridized carbons (Fsp3) is 0. The van der Waals surface area contributed by atoms with E-state index >= 15 is 0 Å². The minimum atomic E-state index is 0.648. The predicted molar refractivity (Wildman–Crippen MR) is 214 cm³/mol. The number of aromatic nitrogens is 5. The molecule has 0 N–H and O–H groups in total. The molecule has 0 fully saturated rings. The highest BCUT2D eigenvalue weighted by atomic mass is 15.2. The third-order valence-electron chi connectivity index (χ3n) is 10.3. The number of fused-ring (bicyclic) bond motifs is 10. The lowest BCUT2D eigenvalue weighted by Crippen LogP contribution is -2.03. The van der Waals surface area contributed by atoms with Crippen molar-refractivity contribution in [2.24, 2.45) is 0 Å². The van der Waals surface area contributed by atoms with Gasteiger partial charge in [-0.1, -0.05) is 146 Å². The van der Waals surface area contributed by atoms with E-state index < -0.39 is 0 Å². The zero-order valence-electron chi connectivity index (χ0n) is 28.0. The molecule has 8 aromatic carbocycles. The Bertz CT molecular complexity index is 3160. The molecule has 242 valence electrons. The molecule has 0 atom stereocenters. The van der Waals surface area contributed by atoms with E-state index in [1.165, 1.54) is 0 Å². The molecule has 0 unspecified atom stereocenters. The van der Waals surface area contributed by atoms with Crippen LogP contribution >= 0.6 is 0 Å². The van der Waals surface area contributed by atoms with Crippen LogP contribution < -0.4 is 0 Å². The van der Waals surface area contributed by atoms with Gasteiger partial charge in [-0.3, -0.25) is 9.13 Å². The van der Waals surface area contributed by atoms with Gasteiger partial charge in [0.15, 0.2) is 0 Å². The van der Waals surface area contributed by atoms with Crippen LogP contribution in [0.2, 0.25) is 0 Å². The van der Waals surface area contributed by atoms with Crippen LogP contribution in [0, 0.1) is 0 Å². The quantitative estimate of drug-likeness (QED) is 0.176. The first-order valence-corrected chi connectivity index (χ1v) is 17.6. The van der Waals surface area contributed by atoms with Gasteiger partial charge in [0.05, 0.1) is 33.3 Å². The monoisotopic (exact) mass is 663 g/mol. The Kier molecular flexibility index (Phi) is 6.18. The number of benzene rings is 8. The van der Waals surface area contributed by atoms with Crippen molar-refractivity contribution in [3.05, 3.63) is 176 Å². The van der Waals surface area contributed by atoms with Crippen molar-refractivity contribution in [2.45, 2.75) is 0 Å². The lowest BCUT2D eigenvalue weighted by atomic mass is 9.98. The Morgan fingerprint density at radius 2 is 0.981 bits per heavy atom. The van der Waals surface area contributed by atoms with Crippen LogP contribution in [0.15, 0.2) is 176 Å². The van der Waals surface area contributed by atoms with E-state index in [9.17, 15) is 0 Å². The molecule has 0 aliphatic rings. The van der Waals surface area contributed by atoms with Crippen LogP contribution in [-0.2, 0) is 0 Å². The Labute approximate surface area is 298 Å². The Hall–Kier alpha value is -7.11. The zero-order valence-corrected chi connectivity index (χ0v) is 28.0. The molecule has 0 saturated carbocycles. The Morgan fingerprint density at radius 3 is 1.79 bits per heavy atom. The molecule has 0 bridgehead atoms. The summed E-state index contributed by atoms with van der Waals surface area (Å²) in [6, 6.07) is 61.8. The highest BCUT2D eigenvalue weighted by Gasteiger charge is 2.22. The molecule has 0 spiro atoms. The van der Waals surface area contributed by atoms with Gasteiger partial charge in [-0.2, -0.15) is 0 Å². The van der Waals surface area contributed by atoms with Crippen molar-refractivity contribution in [1.82, 2.24) is 24.1 Å². The van der Waals surface area contributed by atoms with Gasteiger partial charge in [-0.15, -0.1) is 0 Å². The van der Waals surface area contributed by atoms with Crippen LogP contribution in [0.25, 0.3) is 99.6 Å². The summed E-state index contributed by atoms with van der Waals surface area (Å²) in [5.74, 6) is 1.56. The van der Waals surface area contributed by atoms with E-state index in [1.807, 2.05) is 18.2 Å². The summed E-state index contributed by atoms with van der Waals surface area (Å²) >= 11 is 0. The maximum absolute atomic E-state index is 5.36. The maximum atomic E-state index is 5.36. The molecule has 0 saturated heterocycles. The van der Waals surface area contributed by atoms with E-state index in [1.54, 1.807) is 0 Å². The number of hydrogen-bond donors (Lipinski definition) is 0. The van der Waals surface area contributed by atoms with E-state index in [4.69, 9.17) is 15.0 Å². The van der Waals surface area contributed by atoms with E-state index in [2.05, 4.69) is 167 Å². The number of hydrogen-bond acceptors (Lipinski definition) is 3. The number of imidazole rings is 1. The van der Waals surface area contributed by atoms with Crippen LogP contribution in [-0.4, -0.2) is 24.1 Å². The van der Waals surface area contributed by atoms with Gasteiger partial charge in [-0.25, -0.2) is 15.0 Å². The first-order valence-electron chi connectivity index (χ1n) is 17.6. The third kappa shape index (κ3) is 4.20. The van der Waals surface area contributed by atoms with Gasteiger partial charge in [0.25, 0.3) is 0 Å². The minimum Gasteiger partial charge on any atom is -0.292 e. The molecule has 11 aromatic rings. The topological polar surface area (TPSA) is 48.5 Å². The van der Waals surface area contributed by atoms with Gasteiger partial charge in [0.1, 0.15) is 5.82 Å². The van der Waals surface area contributed by atoms with Gasteiger partial charge >= 0.3 is 0 Å². The van der Waals surface area contributed by atoms with Crippen molar-refractivity contribution < 1.29 is 0 Å². The van der Waals surface area contributed by atoms with Gasteiger partial charge in [-0.05, 0) is 41.1 Å². The van der Waals surface area contributed by atoms with Crippen LogP contribution in [0.4, 0.5) is 0 Å². The summed E-state index contributed by atoms with van der Waals surface area (Å²) in [4.78, 5) is 15.9. The molecule has 5 heteroatoms. The second-order valence-corrected chi connectivity index (χ2v) is 13.2. The highest BCUT2D eigenvalue weighted by Crippen LogP contribution is 2.42. The molecule has 3 heterocycles. The standard InChI is InChI=1S/C47H29N5/c1-4-14-31(15-5-1)43-38-21-10-12-22-39(38)49-47(50-43)52-41-23-13-11-20-34(41)36-28-27-35-37(44(36)52)26-24-30-25-29-40-45(42(30)35)51(33-18-8-3-9-19-33)46(48-40)32-16-6-2-7-17-32/h1-29H. The zero-order chi connectivity index (χ0) is 34.2. The van der Waals surface area contributed by atoms with Crippen molar-refractivity contribution in [2.75, 3.05) is 0 Å². The normalized spacial score (nSPS) is 11.8. The second kappa shape index (κ2) is 11.2. The van der Waals surface area contributed by atoms with Crippen molar-refractivity contribution in [3.8, 4) is 34.3 Å². The van der Waals surface area contributed by atoms with Gasteiger partial charge < -0.3 is 0 Å². The van der Waals surface area contributed by atoms with Crippen molar-refractivity contribution in [3.63, 3.8) is 0 Å². The average molecular weight is 664 g/mol. The number of nitrogens with zero attached hydrogens (tertiary/aromatic N) is 5. The van der Waals surface area contributed by atoms with E-state index in [0.717, 1.165) is 93.6 Å². The lowest BCUT2D eigenvalue weighted by molar-refractivity contribution is 1.02. The number of rotatable bonds is 4. The molecule has 52 heavy (non-hydrogen) atoms. The fourth-order valence-electron chi connectivity index (χ4n) is 8.04. The Morgan fingerprint density at radius 1 is 0.365 bits per heavy atom.